The molecule has 0 bridgehead atoms. The molecule has 1 fully saturated rings. The molecule has 2 rings (SSSR count). The molecule has 0 aromatic carbocycles. The zero-order valence-corrected chi connectivity index (χ0v) is 12.1. The van der Waals surface area contributed by atoms with Crippen molar-refractivity contribution in [1.82, 2.24) is 10.3 Å². The van der Waals surface area contributed by atoms with E-state index < -0.39 is 0 Å². The molecule has 21 heavy (non-hydrogen) atoms. The number of nitrogens with zero attached hydrogens (tertiary/aromatic N) is 1. The van der Waals surface area contributed by atoms with Crippen LogP contribution in [-0.2, 0) is 4.74 Å². The Morgan fingerprint density at radius 3 is 3.24 bits per heavy atom. The first-order valence-corrected chi connectivity index (χ1v) is 7.17. The topological polar surface area (TPSA) is 71.5 Å². The smallest absolute Gasteiger partial charge is 0.252 e. The minimum absolute atomic E-state index is 0.00868. The number of hydrogen-bond donors (Lipinski definition) is 2. The fourth-order valence-electron chi connectivity index (χ4n) is 2.30. The summed E-state index contributed by atoms with van der Waals surface area (Å²) >= 11 is 0. The van der Waals surface area contributed by atoms with Crippen molar-refractivity contribution in [2.45, 2.75) is 38.3 Å². The zero-order chi connectivity index (χ0) is 15.1. The van der Waals surface area contributed by atoms with Gasteiger partial charge in [-0.3, -0.25) is 9.78 Å². The van der Waals surface area contributed by atoms with E-state index in [4.69, 9.17) is 9.84 Å². The summed E-state index contributed by atoms with van der Waals surface area (Å²) < 4.78 is 5.48. The largest absolute Gasteiger partial charge is 0.395 e. The van der Waals surface area contributed by atoms with Crippen molar-refractivity contribution in [1.29, 1.82) is 0 Å². The van der Waals surface area contributed by atoms with E-state index in [2.05, 4.69) is 22.1 Å². The number of ether oxygens (including phenoxy) is 1. The molecule has 1 saturated heterocycles. The molecule has 2 N–H and O–H groups in total. The van der Waals surface area contributed by atoms with Gasteiger partial charge in [0.1, 0.15) is 0 Å². The van der Waals surface area contributed by atoms with Crippen molar-refractivity contribution in [3.63, 3.8) is 0 Å². The van der Waals surface area contributed by atoms with E-state index in [1.807, 2.05) is 6.92 Å². The Labute approximate surface area is 124 Å². The van der Waals surface area contributed by atoms with Crippen LogP contribution in [0, 0.1) is 11.8 Å². The monoisotopic (exact) mass is 288 g/mol. The highest BCUT2D eigenvalue weighted by molar-refractivity contribution is 5.96. The quantitative estimate of drug-likeness (QED) is 0.817. The van der Waals surface area contributed by atoms with E-state index in [-0.39, 0.29) is 24.7 Å². The molecule has 1 aliphatic rings. The van der Waals surface area contributed by atoms with Gasteiger partial charge in [0.25, 0.3) is 5.91 Å². The Morgan fingerprint density at radius 2 is 2.48 bits per heavy atom. The van der Waals surface area contributed by atoms with Gasteiger partial charge in [0.15, 0.2) is 0 Å². The standard InChI is InChI=1S/C16H20N2O3/c1-12-10-14(6-9-21-12)18-16(20)15-5-7-17-11-13(15)4-2-3-8-19/h5,7,11-12,14,19H,3,6,8-10H2,1H3,(H,18,20). The summed E-state index contributed by atoms with van der Waals surface area (Å²) in [5.74, 6) is 5.57. The number of pyridine rings is 1. The molecular formula is C16H20N2O3. The van der Waals surface area contributed by atoms with Gasteiger partial charge in [-0.05, 0) is 25.8 Å². The lowest BCUT2D eigenvalue weighted by Crippen LogP contribution is -2.41. The van der Waals surface area contributed by atoms with Crippen molar-refractivity contribution in [3.8, 4) is 11.8 Å². The van der Waals surface area contributed by atoms with Gasteiger partial charge < -0.3 is 15.2 Å². The molecule has 1 aliphatic heterocycles. The van der Waals surface area contributed by atoms with Gasteiger partial charge in [-0.1, -0.05) is 11.8 Å². The van der Waals surface area contributed by atoms with Crippen LogP contribution in [0.3, 0.4) is 0 Å². The van der Waals surface area contributed by atoms with Gasteiger partial charge in [0.05, 0.1) is 23.8 Å². The maximum Gasteiger partial charge on any atom is 0.252 e. The van der Waals surface area contributed by atoms with Crippen LogP contribution in [0.4, 0.5) is 0 Å². The van der Waals surface area contributed by atoms with Crippen LogP contribution in [0.15, 0.2) is 18.5 Å². The molecule has 112 valence electrons. The SMILES string of the molecule is CC1CC(NC(=O)c2ccncc2C#CCCO)CCO1. The lowest BCUT2D eigenvalue weighted by molar-refractivity contribution is 0.0136. The second kappa shape index (κ2) is 7.77. The number of carbonyl (C=O) groups is 1. The van der Waals surface area contributed by atoms with E-state index >= 15 is 0 Å². The normalized spacial score (nSPS) is 21.2. The predicted octanol–water partition coefficient (Wildman–Crippen LogP) is 1.11. The van der Waals surface area contributed by atoms with Crippen molar-refractivity contribution < 1.29 is 14.6 Å². The third-order valence-corrected chi connectivity index (χ3v) is 3.35. The second-order valence-corrected chi connectivity index (χ2v) is 5.07. The number of nitrogens with one attached hydrogen (secondary N) is 1. The minimum atomic E-state index is -0.134. The minimum Gasteiger partial charge on any atom is -0.395 e. The van der Waals surface area contributed by atoms with Crippen molar-refractivity contribution in [2.75, 3.05) is 13.2 Å². The highest BCUT2D eigenvalue weighted by atomic mass is 16.5. The molecule has 1 aromatic rings. The van der Waals surface area contributed by atoms with Crippen molar-refractivity contribution in [2.24, 2.45) is 0 Å². The van der Waals surface area contributed by atoms with E-state index in [1.165, 1.54) is 0 Å². The molecule has 1 amide bonds. The van der Waals surface area contributed by atoms with Gasteiger partial charge in [0, 0.05) is 31.5 Å². The molecule has 5 nitrogen and oxygen atoms in total. The number of rotatable bonds is 3. The average molecular weight is 288 g/mol. The van der Waals surface area contributed by atoms with Gasteiger partial charge >= 0.3 is 0 Å². The average Bonchev–Trinajstić information content (AvgIpc) is 2.48. The van der Waals surface area contributed by atoms with Crippen LogP contribution < -0.4 is 5.32 Å². The maximum absolute atomic E-state index is 12.4. The highest BCUT2D eigenvalue weighted by Gasteiger charge is 2.22. The van der Waals surface area contributed by atoms with Crippen LogP contribution in [0.2, 0.25) is 0 Å². The molecule has 1 aromatic heterocycles. The first-order valence-electron chi connectivity index (χ1n) is 7.17. The van der Waals surface area contributed by atoms with Crippen LogP contribution in [0.25, 0.3) is 0 Å². The van der Waals surface area contributed by atoms with Gasteiger partial charge in [0.2, 0.25) is 0 Å². The number of aliphatic hydroxyl groups excluding tert-OH is 1. The van der Waals surface area contributed by atoms with Crippen molar-refractivity contribution in [3.05, 3.63) is 29.6 Å². The van der Waals surface area contributed by atoms with Crippen LogP contribution in [0.1, 0.15) is 42.1 Å². The summed E-state index contributed by atoms with van der Waals surface area (Å²) in [6, 6.07) is 1.80. The lowest BCUT2D eigenvalue weighted by Gasteiger charge is -2.28. The summed E-state index contributed by atoms with van der Waals surface area (Å²) in [6.45, 7) is 2.69. The lowest BCUT2D eigenvalue weighted by atomic mass is 10.0. The van der Waals surface area contributed by atoms with E-state index in [0.29, 0.717) is 24.2 Å². The zero-order valence-electron chi connectivity index (χ0n) is 12.1. The third kappa shape index (κ3) is 4.55. The van der Waals surface area contributed by atoms with E-state index in [0.717, 1.165) is 12.8 Å². The fraction of sp³-hybridized carbons (Fsp3) is 0.500. The molecule has 2 heterocycles. The van der Waals surface area contributed by atoms with E-state index in [9.17, 15) is 4.79 Å². The first kappa shape index (κ1) is 15.5. The predicted molar refractivity (Wildman–Crippen MR) is 78.7 cm³/mol. The number of hydrogen-bond acceptors (Lipinski definition) is 4. The number of carbonyl (C=O) groups excluding carboxylic acids is 1. The summed E-state index contributed by atoms with van der Waals surface area (Å²) in [4.78, 5) is 16.4. The molecular weight excluding hydrogens is 268 g/mol. The Morgan fingerprint density at radius 1 is 1.62 bits per heavy atom. The number of aromatic nitrogens is 1. The Hall–Kier alpha value is -1.90. The summed E-state index contributed by atoms with van der Waals surface area (Å²) in [5, 5.41) is 11.8. The Balaban J connectivity index is 2.07. The van der Waals surface area contributed by atoms with Crippen LogP contribution in [-0.4, -0.2) is 41.4 Å². The summed E-state index contributed by atoms with van der Waals surface area (Å²) in [6.07, 6.45) is 5.36. The number of amides is 1. The van der Waals surface area contributed by atoms with Gasteiger partial charge in [-0.2, -0.15) is 0 Å². The number of aliphatic hydroxyl groups is 1. The van der Waals surface area contributed by atoms with Crippen LogP contribution in [0.5, 0.6) is 0 Å². The molecule has 5 heteroatoms. The Kier molecular flexibility index (Phi) is 5.73. The second-order valence-electron chi connectivity index (χ2n) is 5.07. The maximum atomic E-state index is 12.4. The van der Waals surface area contributed by atoms with Crippen molar-refractivity contribution >= 4 is 5.91 Å². The Bertz CT molecular complexity index is 548. The molecule has 0 spiro atoms. The van der Waals surface area contributed by atoms with Gasteiger partial charge in [-0.15, -0.1) is 0 Å². The van der Waals surface area contributed by atoms with E-state index in [1.54, 1.807) is 18.5 Å². The fourth-order valence-corrected chi connectivity index (χ4v) is 2.30. The molecule has 2 atom stereocenters. The van der Waals surface area contributed by atoms with Gasteiger partial charge in [-0.25, -0.2) is 0 Å². The summed E-state index contributed by atoms with van der Waals surface area (Å²) in [5.41, 5.74) is 1.11. The molecule has 0 radical (unpaired) electrons. The molecule has 0 aliphatic carbocycles. The van der Waals surface area contributed by atoms with Crippen LogP contribution >= 0.6 is 0 Å². The highest BCUT2D eigenvalue weighted by Crippen LogP contribution is 2.14. The summed E-state index contributed by atoms with van der Waals surface area (Å²) in [7, 11) is 0. The molecule has 0 saturated carbocycles. The third-order valence-electron chi connectivity index (χ3n) is 3.35. The molecule has 2 unspecified atom stereocenters. The first-order chi connectivity index (χ1) is 10.2.